The summed E-state index contributed by atoms with van der Waals surface area (Å²) in [5.74, 6) is -0.0993. The van der Waals surface area contributed by atoms with E-state index in [1.807, 2.05) is 12.1 Å². The van der Waals surface area contributed by atoms with E-state index in [1.54, 1.807) is 6.20 Å². The number of nitrogens with zero attached hydrogens (tertiary/aromatic N) is 3. The van der Waals surface area contributed by atoms with Crippen molar-refractivity contribution >= 4 is 27.5 Å². The van der Waals surface area contributed by atoms with Crippen LogP contribution in [0.1, 0.15) is 12.0 Å². The van der Waals surface area contributed by atoms with Crippen LogP contribution in [-0.2, 0) is 0 Å². The van der Waals surface area contributed by atoms with E-state index in [0.717, 1.165) is 42.0 Å². The van der Waals surface area contributed by atoms with Gasteiger partial charge in [0.2, 0.25) is 0 Å². The van der Waals surface area contributed by atoms with Gasteiger partial charge in [0, 0.05) is 29.8 Å². The minimum atomic E-state index is -0.535. The van der Waals surface area contributed by atoms with Gasteiger partial charge in [-0.1, -0.05) is 12.1 Å². The summed E-state index contributed by atoms with van der Waals surface area (Å²) >= 11 is 0. The standard InChI is InChI=1S/C24H19FN6O/c25-16-9-15(10-17(32)12-16)21-23-20(5-8-27-21)28-24(29-23)22-18-11-14(1-2-19(18)30-31-22)13-3-6-26-7-4-13/h1-3,5,8-12,26,32H,4,6-7H2,(H,28,29)(H,30,31). The zero-order valence-corrected chi connectivity index (χ0v) is 17.0. The third-order valence-electron chi connectivity index (χ3n) is 5.78. The first kappa shape index (κ1) is 18.7. The number of imidazole rings is 1. The zero-order chi connectivity index (χ0) is 21.7. The molecule has 0 saturated carbocycles. The predicted octanol–water partition coefficient (Wildman–Crippen LogP) is 4.39. The van der Waals surface area contributed by atoms with Crippen LogP contribution in [0.4, 0.5) is 4.39 Å². The molecule has 4 heterocycles. The zero-order valence-electron chi connectivity index (χ0n) is 17.0. The van der Waals surface area contributed by atoms with Gasteiger partial charge in [-0.15, -0.1) is 0 Å². The Bertz CT molecular complexity index is 1500. The van der Waals surface area contributed by atoms with Gasteiger partial charge in [0.15, 0.2) is 5.82 Å². The van der Waals surface area contributed by atoms with Gasteiger partial charge in [0.25, 0.3) is 0 Å². The maximum absolute atomic E-state index is 13.9. The molecule has 1 aliphatic rings. The molecule has 7 nitrogen and oxygen atoms in total. The van der Waals surface area contributed by atoms with Gasteiger partial charge in [-0.25, -0.2) is 9.37 Å². The van der Waals surface area contributed by atoms with Gasteiger partial charge < -0.3 is 15.4 Å². The highest BCUT2D eigenvalue weighted by Crippen LogP contribution is 2.33. The Kier molecular flexibility index (Phi) is 4.26. The topological polar surface area (TPSA) is 103 Å². The van der Waals surface area contributed by atoms with Crippen LogP contribution in [0, 0.1) is 5.82 Å². The lowest BCUT2D eigenvalue weighted by Crippen LogP contribution is -2.19. The van der Waals surface area contributed by atoms with Crippen molar-refractivity contribution in [1.82, 2.24) is 30.5 Å². The number of benzene rings is 2. The minimum Gasteiger partial charge on any atom is -0.508 e. The van der Waals surface area contributed by atoms with Crippen molar-refractivity contribution < 1.29 is 9.50 Å². The lowest BCUT2D eigenvalue weighted by Gasteiger charge is -2.14. The first-order valence-electron chi connectivity index (χ1n) is 10.4. The molecule has 3 aromatic heterocycles. The van der Waals surface area contributed by atoms with E-state index in [2.05, 4.69) is 43.7 Å². The quantitative estimate of drug-likeness (QED) is 0.343. The molecular weight excluding hydrogens is 407 g/mol. The van der Waals surface area contributed by atoms with Crippen molar-refractivity contribution in [2.45, 2.75) is 6.42 Å². The van der Waals surface area contributed by atoms with Gasteiger partial charge in [0.1, 0.15) is 22.8 Å². The number of phenolic OH excluding ortho intramolecular Hbond substituents is 1. The Morgan fingerprint density at radius 3 is 2.75 bits per heavy atom. The van der Waals surface area contributed by atoms with Crippen LogP contribution >= 0.6 is 0 Å². The second kappa shape index (κ2) is 7.28. The summed E-state index contributed by atoms with van der Waals surface area (Å²) in [4.78, 5) is 12.5. The number of nitrogens with one attached hydrogen (secondary N) is 3. The van der Waals surface area contributed by atoms with Crippen LogP contribution in [0.5, 0.6) is 5.75 Å². The van der Waals surface area contributed by atoms with Gasteiger partial charge >= 0.3 is 0 Å². The van der Waals surface area contributed by atoms with Crippen molar-refractivity contribution in [2.24, 2.45) is 0 Å². The molecule has 2 aromatic carbocycles. The molecule has 0 aliphatic carbocycles. The molecule has 8 heteroatoms. The molecule has 0 fully saturated rings. The number of hydrogen-bond donors (Lipinski definition) is 4. The molecule has 0 radical (unpaired) electrons. The number of hydrogen-bond acceptors (Lipinski definition) is 5. The lowest BCUT2D eigenvalue weighted by atomic mass is 9.98. The molecule has 0 spiro atoms. The van der Waals surface area contributed by atoms with Crippen molar-refractivity contribution in [3.8, 4) is 28.5 Å². The summed E-state index contributed by atoms with van der Waals surface area (Å²) < 4.78 is 13.9. The number of pyridine rings is 1. The summed E-state index contributed by atoms with van der Waals surface area (Å²) in [7, 11) is 0. The number of aromatic nitrogens is 5. The Labute approximate surface area is 182 Å². The molecule has 0 unspecified atom stereocenters. The minimum absolute atomic E-state index is 0.160. The molecule has 0 amide bonds. The van der Waals surface area contributed by atoms with E-state index in [-0.39, 0.29) is 5.75 Å². The fourth-order valence-electron chi connectivity index (χ4n) is 4.25. The van der Waals surface area contributed by atoms with Crippen molar-refractivity contribution in [2.75, 3.05) is 13.1 Å². The molecule has 1 aliphatic heterocycles. The highest BCUT2D eigenvalue weighted by Gasteiger charge is 2.17. The molecule has 5 aromatic rings. The summed E-state index contributed by atoms with van der Waals surface area (Å²) in [5.41, 5.74) is 6.41. The summed E-state index contributed by atoms with van der Waals surface area (Å²) in [6.07, 6.45) is 4.84. The third-order valence-corrected chi connectivity index (χ3v) is 5.78. The van der Waals surface area contributed by atoms with Crippen molar-refractivity contribution in [3.05, 3.63) is 66.1 Å². The second-order valence-corrected chi connectivity index (χ2v) is 7.86. The molecule has 0 saturated heterocycles. The van der Waals surface area contributed by atoms with E-state index in [0.29, 0.717) is 28.3 Å². The van der Waals surface area contributed by atoms with Crippen LogP contribution < -0.4 is 5.32 Å². The predicted molar refractivity (Wildman–Crippen MR) is 121 cm³/mol. The summed E-state index contributed by atoms with van der Waals surface area (Å²) in [6.45, 7) is 1.84. The van der Waals surface area contributed by atoms with Crippen LogP contribution in [0.25, 0.3) is 50.3 Å². The van der Waals surface area contributed by atoms with E-state index in [4.69, 9.17) is 4.98 Å². The van der Waals surface area contributed by atoms with E-state index in [1.165, 1.54) is 23.3 Å². The molecule has 0 bridgehead atoms. The normalized spacial score (nSPS) is 14.2. The maximum Gasteiger partial charge on any atom is 0.159 e. The largest absolute Gasteiger partial charge is 0.508 e. The number of halogens is 1. The molecule has 32 heavy (non-hydrogen) atoms. The number of aromatic hydroxyl groups is 1. The fourth-order valence-corrected chi connectivity index (χ4v) is 4.25. The van der Waals surface area contributed by atoms with Crippen LogP contribution in [0.2, 0.25) is 0 Å². The highest BCUT2D eigenvalue weighted by atomic mass is 19.1. The number of H-pyrrole nitrogens is 2. The summed E-state index contributed by atoms with van der Waals surface area (Å²) in [6, 6.07) is 12.0. The molecule has 0 atom stereocenters. The van der Waals surface area contributed by atoms with Gasteiger partial charge in [-0.3, -0.25) is 10.1 Å². The van der Waals surface area contributed by atoms with Gasteiger partial charge in [-0.2, -0.15) is 5.10 Å². The fraction of sp³-hybridized carbons (Fsp3) is 0.125. The Morgan fingerprint density at radius 2 is 1.91 bits per heavy atom. The van der Waals surface area contributed by atoms with E-state index in [9.17, 15) is 9.50 Å². The SMILES string of the molecule is Oc1cc(F)cc(-c2nccc3[nH]c(-c4n[nH]c5ccc(C6=CCNCC6)cc45)nc23)c1. The van der Waals surface area contributed by atoms with Crippen LogP contribution in [0.15, 0.2) is 54.7 Å². The molecule has 6 rings (SSSR count). The second-order valence-electron chi connectivity index (χ2n) is 7.86. The highest BCUT2D eigenvalue weighted by molar-refractivity contribution is 5.97. The smallest absolute Gasteiger partial charge is 0.159 e. The number of aromatic amines is 2. The van der Waals surface area contributed by atoms with Crippen molar-refractivity contribution in [1.29, 1.82) is 0 Å². The number of fused-ring (bicyclic) bond motifs is 2. The first-order valence-corrected chi connectivity index (χ1v) is 10.4. The molecule has 158 valence electrons. The number of rotatable bonds is 3. The monoisotopic (exact) mass is 426 g/mol. The Morgan fingerprint density at radius 1 is 0.969 bits per heavy atom. The third kappa shape index (κ3) is 3.12. The van der Waals surface area contributed by atoms with Gasteiger partial charge in [0.05, 0.1) is 16.7 Å². The lowest BCUT2D eigenvalue weighted by molar-refractivity contribution is 0.469. The number of phenols is 1. The van der Waals surface area contributed by atoms with E-state index >= 15 is 0 Å². The molecule has 4 N–H and O–H groups in total. The first-order chi connectivity index (χ1) is 15.7. The van der Waals surface area contributed by atoms with Crippen molar-refractivity contribution in [3.63, 3.8) is 0 Å². The van der Waals surface area contributed by atoms with E-state index < -0.39 is 5.82 Å². The van der Waals surface area contributed by atoms with Gasteiger partial charge in [-0.05, 0) is 54.4 Å². The average molecular weight is 426 g/mol. The summed E-state index contributed by atoms with van der Waals surface area (Å²) in [5, 5.41) is 21.7. The average Bonchev–Trinajstić information content (AvgIpc) is 3.42. The maximum atomic E-state index is 13.9. The van der Waals surface area contributed by atoms with Crippen LogP contribution in [-0.4, -0.2) is 43.3 Å². The van der Waals surface area contributed by atoms with Crippen LogP contribution in [0.3, 0.4) is 0 Å². The Balaban J connectivity index is 1.49. The Hall–Kier alpha value is -4.04. The molecular formula is C24H19FN6O.